The van der Waals surface area contributed by atoms with Gasteiger partial charge in [-0.2, -0.15) is 5.10 Å². The Morgan fingerprint density at radius 3 is 2.70 bits per heavy atom. The number of nitrogens with zero attached hydrogens (tertiary/aromatic N) is 3. The van der Waals surface area contributed by atoms with Crippen LogP contribution in [0.3, 0.4) is 0 Å². The third-order valence-corrected chi connectivity index (χ3v) is 4.21. The molecule has 1 aromatic carbocycles. The summed E-state index contributed by atoms with van der Waals surface area (Å²) in [7, 11) is 3.74. The number of halogens is 1. The molecule has 0 fully saturated rings. The van der Waals surface area contributed by atoms with E-state index in [0.717, 1.165) is 18.2 Å². The largest absolute Gasteiger partial charge is 0.352 e. The highest BCUT2D eigenvalue weighted by atomic mass is 127. The van der Waals surface area contributed by atoms with Crippen LogP contribution in [0.1, 0.15) is 28.8 Å². The molecule has 6 heteroatoms. The summed E-state index contributed by atoms with van der Waals surface area (Å²) in [6.45, 7) is 1.50. The quantitative estimate of drug-likeness (QED) is 0.450. The van der Waals surface area contributed by atoms with Gasteiger partial charge in [-0.3, -0.25) is 9.67 Å². The zero-order chi connectivity index (χ0) is 15.4. The summed E-state index contributed by atoms with van der Waals surface area (Å²) in [5.74, 6) is 0.807. The third kappa shape index (κ3) is 4.46. The van der Waals surface area contributed by atoms with E-state index < -0.39 is 0 Å². The van der Waals surface area contributed by atoms with Crippen molar-refractivity contribution < 1.29 is 0 Å². The molecular formula is C17H24IN5. The minimum Gasteiger partial charge on any atom is -0.352 e. The Morgan fingerprint density at radius 1 is 1.17 bits per heavy atom. The van der Waals surface area contributed by atoms with Gasteiger partial charge in [0.05, 0.1) is 12.2 Å². The molecule has 5 nitrogen and oxygen atoms in total. The van der Waals surface area contributed by atoms with Crippen molar-refractivity contribution in [2.75, 3.05) is 7.05 Å². The second kappa shape index (κ2) is 8.33. The molecule has 124 valence electrons. The topological polar surface area (TPSA) is 54.2 Å². The first kappa shape index (κ1) is 17.8. The molecule has 3 rings (SSSR count). The molecule has 0 spiro atoms. The molecule has 0 bridgehead atoms. The van der Waals surface area contributed by atoms with Gasteiger partial charge in [-0.25, -0.2) is 0 Å². The molecule has 23 heavy (non-hydrogen) atoms. The fraction of sp³-hybridized carbons (Fsp3) is 0.412. The molecule has 0 atom stereocenters. The average molecular weight is 425 g/mol. The van der Waals surface area contributed by atoms with E-state index >= 15 is 0 Å². The van der Waals surface area contributed by atoms with E-state index in [1.165, 1.54) is 36.0 Å². The van der Waals surface area contributed by atoms with E-state index in [-0.39, 0.29) is 24.0 Å². The van der Waals surface area contributed by atoms with Gasteiger partial charge >= 0.3 is 0 Å². The molecule has 0 amide bonds. The van der Waals surface area contributed by atoms with Crippen LogP contribution in [0.5, 0.6) is 0 Å². The second-order valence-electron chi connectivity index (χ2n) is 5.68. The zero-order valence-corrected chi connectivity index (χ0v) is 16.0. The first-order valence-electron chi connectivity index (χ1n) is 7.78. The highest BCUT2D eigenvalue weighted by Gasteiger charge is 2.10. The molecule has 1 heterocycles. The smallest absolute Gasteiger partial charge is 0.191 e. The van der Waals surface area contributed by atoms with Gasteiger partial charge in [-0.15, -0.1) is 24.0 Å². The lowest BCUT2D eigenvalue weighted by atomic mass is 10.1. The van der Waals surface area contributed by atoms with Crippen LogP contribution in [-0.4, -0.2) is 22.8 Å². The standard InChI is InChI=1S/C17H23N5.HI/c1-18-17(20-12-16-8-9-21-22(16)2)19-11-13-6-7-14-4-3-5-15(14)10-13;/h6-10H,3-5,11-12H2,1-2H3,(H2,18,19,20);1H. The number of fused-ring (bicyclic) bond motifs is 1. The highest BCUT2D eigenvalue weighted by molar-refractivity contribution is 14.0. The molecule has 0 saturated carbocycles. The number of nitrogens with one attached hydrogen (secondary N) is 2. The van der Waals surface area contributed by atoms with Crippen molar-refractivity contribution in [1.82, 2.24) is 20.4 Å². The number of aromatic nitrogens is 2. The van der Waals surface area contributed by atoms with Gasteiger partial charge in [0.1, 0.15) is 0 Å². The Bertz CT molecular complexity index is 677. The van der Waals surface area contributed by atoms with Crippen molar-refractivity contribution in [2.24, 2.45) is 12.0 Å². The van der Waals surface area contributed by atoms with E-state index in [0.29, 0.717) is 6.54 Å². The predicted octanol–water partition coefficient (Wildman–Crippen LogP) is 2.39. The first-order valence-corrected chi connectivity index (χ1v) is 7.78. The van der Waals surface area contributed by atoms with Crippen molar-refractivity contribution in [2.45, 2.75) is 32.4 Å². The van der Waals surface area contributed by atoms with Crippen LogP contribution in [-0.2, 0) is 33.0 Å². The molecule has 1 aliphatic rings. The number of aliphatic imine (C=N–C) groups is 1. The first-order chi connectivity index (χ1) is 10.8. The molecule has 0 unspecified atom stereocenters. The van der Waals surface area contributed by atoms with E-state index in [1.54, 1.807) is 13.2 Å². The SMILES string of the molecule is CN=C(NCc1ccc2c(c1)CCC2)NCc1ccnn1C.I. The van der Waals surface area contributed by atoms with Crippen LogP contribution < -0.4 is 10.6 Å². The van der Waals surface area contributed by atoms with Gasteiger partial charge in [0.25, 0.3) is 0 Å². The van der Waals surface area contributed by atoms with E-state index in [9.17, 15) is 0 Å². The summed E-state index contributed by atoms with van der Waals surface area (Å²) in [5, 5.41) is 10.8. The number of hydrogen-bond acceptors (Lipinski definition) is 2. The summed E-state index contributed by atoms with van der Waals surface area (Å²) in [6, 6.07) is 8.81. The summed E-state index contributed by atoms with van der Waals surface area (Å²) >= 11 is 0. The van der Waals surface area contributed by atoms with Crippen LogP contribution in [0.2, 0.25) is 0 Å². The van der Waals surface area contributed by atoms with Gasteiger partial charge in [0.2, 0.25) is 0 Å². The minimum absolute atomic E-state index is 0. The van der Waals surface area contributed by atoms with Crippen molar-refractivity contribution in [1.29, 1.82) is 0 Å². The van der Waals surface area contributed by atoms with Crippen LogP contribution in [0, 0.1) is 0 Å². The number of aryl methyl sites for hydroxylation is 3. The number of hydrogen-bond donors (Lipinski definition) is 2. The molecule has 1 aliphatic carbocycles. The maximum absolute atomic E-state index is 4.27. The summed E-state index contributed by atoms with van der Waals surface area (Å²) < 4.78 is 1.86. The molecule has 0 radical (unpaired) electrons. The summed E-state index contributed by atoms with van der Waals surface area (Å²) in [5.41, 5.74) is 5.46. The van der Waals surface area contributed by atoms with E-state index in [4.69, 9.17) is 0 Å². The van der Waals surface area contributed by atoms with Crippen molar-refractivity contribution in [3.8, 4) is 0 Å². The Kier molecular flexibility index (Phi) is 6.44. The Hall–Kier alpha value is -1.57. The average Bonchev–Trinajstić information content (AvgIpc) is 3.15. The lowest BCUT2D eigenvalue weighted by Gasteiger charge is -2.12. The Morgan fingerprint density at radius 2 is 1.96 bits per heavy atom. The van der Waals surface area contributed by atoms with Crippen molar-refractivity contribution >= 4 is 29.9 Å². The second-order valence-corrected chi connectivity index (χ2v) is 5.68. The highest BCUT2D eigenvalue weighted by Crippen LogP contribution is 2.22. The maximum Gasteiger partial charge on any atom is 0.191 e. The zero-order valence-electron chi connectivity index (χ0n) is 13.7. The predicted molar refractivity (Wildman–Crippen MR) is 104 cm³/mol. The summed E-state index contributed by atoms with van der Waals surface area (Å²) in [6.07, 6.45) is 5.55. The normalized spacial score (nSPS) is 13.4. The lowest BCUT2D eigenvalue weighted by molar-refractivity contribution is 0.684. The molecule has 2 aromatic rings. The Labute approximate surface area is 154 Å². The molecule has 1 aromatic heterocycles. The number of guanidine groups is 1. The monoisotopic (exact) mass is 425 g/mol. The Balaban J connectivity index is 0.00000192. The lowest BCUT2D eigenvalue weighted by Crippen LogP contribution is -2.36. The van der Waals surface area contributed by atoms with Gasteiger partial charge in [0, 0.05) is 26.8 Å². The van der Waals surface area contributed by atoms with Crippen LogP contribution in [0.25, 0.3) is 0 Å². The fourth-order valence-electron chi connectivity index (χ4n) is 2.89. The molecule has 2 N–H and O–H groups in total. The van der Waals surface area contributed by atoms with Crippen molar-refractivity contribution in [3.63, 3.8) is 0 Å². The molecule has 0 aliphatic heterocycles. The minimum atomic E-state index is 0. The van der Waals surface area contributed by atoms with Crippen LogP contribution in [0.4, 0.5) is 0 Å². The van der Waals surface area contributed by atoms with Gasteiger partial charge in [-0.05, 0) is 42.0 Å². The van der Waals surface area contributed by atoms with Gasteiger partial charge in [0.15, 0.2) is 5.96 Å². The van der Waals surface area contributed by atoms with Crippen LogP contribution >= 0.6 is 24.0 Å². The van der Waals surface area contributed by atoms with E-state index in [2.05, 4.69) is 38.9 Å². The van der Waals surface area contributed by atoms with E-state index in [1.807, 2.05) is 17.8 Å². The third-order valence-electron chi connectivity index (χ3n) is 4.21. The van der Waals surface area contributed by atoms with Crippen molar-refractivity contribution in [3.05, 3.63) is 52.8 Å². The molecule has 0 saturated heterocycles. The van der Waals surface area contributed by atoms with Crippen LogP contribution in [0.15, 0.2) is 35.5 Å². The summed E-state index contributed by atoms with van der Waals surface area (Å²) in [4.78, 5) is 4.27. The number of rotatable bonds is 4. The van der Waals surface area contributed by atoms with Gasteiger partial charge in [-0.1, -0.05) is 18.2 Å². The van der Waals surface area contributed by atoms with Gasteiger partial charge < -0.3 is 10.6 Å². The number of benzene rings is 1. The maximum atomic E-state index is 4.27. The molecular weight excluding hydrogens is 401 g/mol. The fourth-order valence-corrected chi connectivity index (χ4v) is 2.89.